The summed E-state index contributed by atoms with van der Waals surface area (Å²) in [4.78, 5) is 7.85. The van der Waals surface area contributed by atoms with Crippen molar-refractivity contribution in [2.24, 2.45) is 0 Å². The van der Waals surface area contributed by atoms with Gasteiger partial charge in [-0.25, -0.2) is 4.98 Å². The van der Waals surface area contributed by atoms with E-state index in [1.165, 1.54) is 11.1 Å². The molecule has 102 valence electrons. The molecule has 0 aliphatic rings. The Bertz CT molecular complexity index is 708. The SMILES string of the molecule is Cc1ccc(C(C)C)cc1Nc1nc2ccccc2[nH]1. The second kappa shape index (κ2) is 5.00. The van der Waals surface area contributed by atoms with Gasteiger partial charge in [-0.15, -0.1) is 0 Å². The maximum atomic E-state index is 4.56. The van der Waals surface area contributed by atoms with Crippen LogP contribution in [-0.4, -0.2) is 9.97 Å². The highest BCUT2D eigenvalue weighted by molar-refractivity contribution is 5.78. The van der Waals surface area contributed by atoms with Crippen LogP contribution in [0.2, 0.25) is 0 Å². The minimum absolute atomic E-state index is 0.520. The molecule has 3 rings (SSSR count). The first-order chi connectivity index (χ1) is 9.63. The summed E-state index contributed by atoms with van der Waals surface area (Å²) in [6.07, 6.45) is 0. The number of H-pyrrole nitrogens is 1. The standard InChI is InChI=1S/C17H19N3/c1-11(2)13-9-8-12(3)16(10-13)20-17-18-14-6-4-5-7-15(14)19-17/h4-11H,1-3H3,(H2,18,19,20). The van der Waals surface area contributed by atoms with Gasteiger partial charge in [0, 0.05) is 5.69 Å². The molecule has 0 atom stereocenters. The van der Waals surface area contributed by atoms with Crippen LogP contribution in [0, 0.1) is 6.92 Å². The normalized spacial score (nSPS) is 11.2. The molecule has 0 spiro atoms. The number of para-hydroxylation sites is 2. The lowest BCUT2D eigenvalue weighted by atomic mass is 10.0. The molecule has 3 aromatic rings. The number of anilines is 2. The highest BCUT2D eigenvalue weighted by Gasteiger charge is 2.06. The van der Waals surface area contributed by atoms with Gasteiger partial charge in [0.25, 0.3) is 0 Å². The zero-order chi connectivity index (χ0) is 14.1. The maximum absolute atomic E-state index is 4.56. The monoisotopic (exact) mass is 265 g/mol. The van der Waals surface area contributed by atoms with Gasteiger partial charge in [-0.2, -0.15) is 0 Å². The molecule has 20 heavy (non-hydrogen) atoms. The topological polar surface area (TPSA) is 40.7 Å². The number of hydrogen-bond donors (Lipinski definition) is 2. The summed E-state index contributed by atoms with van der Waals surface area (Å²) in [7, 11) is 0. The Labute approximate surface area is 119 Å². The van der Waals surface area contributed by atoms with Crippen LogP contribution in [0.3, 0.4) is 0 Å². The Morgan fingerprint density at radius 2 is 1.90 bits per heavy atom. The fraction of sp³-hybridized carbons (Fsp3) is 0.235. The molecule has 3 nitrogen and oxygen atoms in total. The van der Waals surface area contributed by atoms with E-state index < -0.39 is 0 Å². The lowest BCUT2D eigenvalue weighted by Gasteiger charge is -2.11. The third kappa shape index (κ3) is 2.39. The molecule has 3 heteroatoms. The Hall–Kier alpha value is -2.29. The molecule has 0 unspecified atom stereocenters. The van der Waals surface area contributed by atoms with E-state index in [2.05, 4.69) is 54.3 Å². The summed E-state index contributed by atoms with van der Waals surface area (Å²) < 4.78 is 0. The average Bonchev–Trinajstić information content (AvgIpc) is 2.83. The molecule has 0 fully saturated rings. The van der Waals surface area contributed by atoms with Crippen LogP contribution in [0.15, 0.2) is 42.5 Å². The zero-order valence-corrected chi connectivity index (χ0v) is 12.1. The number of fused-ring (bicyclic) bond motifs is 1. The summed E-state index contributed by atoms with van der Waals surface area (Å²) in [5.74, 6) is 1.31. The fourth-order valence-corrected chi connectivity index (χ4v) is 2.27. The number of benzene rings is 2. The predicted octanol–water partition coefficient (Wildman–Crippen LogP) is 4.74. The Morgan fingerprint density at radius 1 is 1.10 bits per heavy atom. The van der Waals surface area contributed by atoms with E-state index >= 15 is 0 Å². The Morgan fingerprint density at radius 3 is 2.65 bits per heavy atom. The Balaban J connectivity index is 1.95. The van der Waals surface area contributed by atoms with E-state index in [4.69, 9.17) is 0 Å². The second-order valence-corrected chi connectivity index (χ2v) is 5.46. The van der Waals surface area contributed by atoms with Crippen LogP contribution in [0.1, 0.15) is 30.9 Å². The molecule has 0 aliphatic heterocycles. The summed E-state index contributed by atoms with van der Waals surface area (Å²) in [6.45, 7) is 6.51. The average molecular weight is 265 g/mol. The van der Waals surface area contributed by atoms with Crippen molar-refractivity contribution in [2.45, 2.75) is 26.7 Å². The highest BCUT2D eigenvalue weighted by atomic mass is 15.1. The molecule has 0 amide bonds. The van der Waals surface area contributed by atoms with Gasteiger partial charge >= 0.3 is 0 Å². The van der Waals surface area contributed by atoms with Crippen molar-refractivity contribution in [3.63, 3.8) is 0 Å². The first-order valence-electron chi connectivity index (χ1n) is 6.96. The van der Waals surface area contributed by atoms with Crippen LogP contribution in [-0.2, 0) is 0 Å². The van der Waals surface area contributed by atoms with Gasteiger partial charge in [-0.3, -0.25) is 0 Å². The molecule has 0 aliphatic carbocycles. The van der Waals surface area contributed by atoms with Crippen molar-refractivity contribution in [1.82, 2.24) is 9.97 Å². The van der Waals surface area contributed by atoms with Crippen molar-refractivity contribution in [3.8, 4) is 0 Å². The van der Waals surface area contributed by atoms with Crippen molar-refractivity contribution in [3.05, 3.63) is 53.6 Å². The summed E-state index contributed by atoms with van der Waals surface area (Å²) >= 11 is 0. The van der Waals surface area contributed by atoms with Gasteiger partial charge in [0.05, 0.1) is 11.0 Å². The molecule has 0 saturated heterocycles. The number of aromatic nitrogens is 2. The van der Waals surface area contributed by atoms with Crippen LogP contribution in [0.25, 0.3) is 11.0 Å². The molecular formula is C17H19N3. The van der Waals surface area contributed by atoms with E-state index in [1.807, 2.05) is 24.3 Å². The number of rotatable bonds is 3. The zero-order valence-electron chi connectivity index (χ0n) is 12.1. The van der Waals surface area contributed by atoms with Gasteiger partial charge < -0.3 is 10.3 Å². The number of hydrogen-bond acceptors (Lipinski definition) is 2. The van der Waals surface area contributed by atoms with Crippen molar-refractivity contribution in [1.29, 1.82) is 0 Å². The number of nitrogens with zero attached hydrogens (tertiary/aromatic N) is 1. The predicted molar refractivity (Wildman–Crippen MR) is 84.6 cm³/mol. The smallest absolute Gasteiger partial charge is 0.205 e. The summed E-state index contributed by atoms with van der Waals surface area (Å²) in [6, 6.07) is 14.6. The first-order valence-corrected chi connectivity index (χ1v) is 6.96. The van der Waals surface area contributed by atoms with Gasteiger partial charge in [0.1, 0.15) is 0 Å². The van der Waals surface area contributed by atoms with E-state index in [-0.39, 0.29) is 0 Å². The molecule has 0 saturated carbocycles. The van der Waals surface area contributed by atoms with Crippen LogP contribution in [0.5, 0.6) is 0 Å². The van der Waals surface area contributed by atoms with E-state index in [1.54, 1.807) is 0 Å². The van der Waals surface area contributed by atoms with E-state index in [0.29, 0.717) is 5.92 Å². The van der Waals surface area contributed by atoms with E-state index in [9.17, 15) is 0 Å². The minimum Gasteiger partial charge on any atom is -0.326 e. The van der Waals surface area contributed by atoms with Crippen molar-refractivity contribution < 1.29 is 0 Å². The number of nitrogens with one attached hydrogen (secondary N) is 2. The van der Waals surface area contributed by atoms with E-state index in [0.717, 1.165) is 22.7 Å². The van der Waals surface area contributed by atoms with Gasteiger partial charge in [0.15, 0.2) is 0 Å². The number of aryl methyl sites for hydroxylation is 1. The Kier molecular flexibility index (Phi) is 3.18. The number of imidazole rings is 1. The minimum atomic E-state index is 0.520. The van der Waals surface area contributed by atoms with Crippen molar-refractivity contribution in [2.75, 3.05) is 5.32 Å². The van der Waals surface area contributed by atoms with Crippen molar-refractivity contribution >= 4 is 22.7 Å². The summed E-state index contributed by atoms with van der Waals surface area (Å²) in [5.41, 5.74) is 5.68. The molecule has 2 N–H and O–H groups in total. The first kappa shape index (κ1) is 12.7. The molecule has 1 heterocycles. The summed E-state index contributed by atoms with van der Waals surface area (Å²) in [5, 5.41) is 3.39. The fourth-order valence-electron chi connectivity index (χ4n) is 2.27. The molecular weight excluding hydrogens is 246 g/mol. The lowest BCUT2D eigenvalue weighted by molar-refractivity contribution is 0.866. The van der Waals surface area contributed by atoms with Gasteiger partial charge in [0.2, 0.25) is 5.95 Å². The molecule has 1 aromatic heterocycles. The quantitative estimate of drug-likeness (QED) is 0.718. The number of aromatic amines is 1. The maximum Gasteiger partial charge on any atom is 0.205 e. The highest BCUT2D eigenvalue weighted by Crippen LogP contribution is 2.25. The second-order valence-electron chi connectivity index (χ2n) is 5.46. The van der Waals surface area contributed by atoms with Crippen LogP contribution in [0.4, 0.5) is 11.6 Å². The molecule has 0 bridgehead atoms. The largest absolute Gasteiger partial charge is 0.326 e. The third-order valence-corrected chi connectivity index (χ3v) is 3.57. The van der Waals surface area contributed by atoms with Crippen LogP contribution >= 0.6 is 0 Å². The van der Waals surface area contributed by atoms with Crippen LogP contribution < -0.4 is 5.32 Å². The molecule has 0 radical (unpaired) electrons. The van der Waals surface area contributed by atoms with Gasteiger partial charge in [-0.05, 0) is 42.2 Å². The van der Waals surface area contributed by atoms with Gasteiger partial charge in [-0.1, -0.05) is 38.1 Å². The lowest BCUT2D eigenvalue weighted by Crippen LogP contribution is -1.97. The third-order valence-electron chi connectivity index (χ3n) is 3.57. The molecule has 2 aromatic carbocycles.